The molecule has 1 N–H and O–H groups in total. The highest BCUT2D eigenvalue weighted by Crippen LogP contribution is 2.36. The number of rotatable bonds is 6. The van der Waals surface area contributed by atoms with Crippen molar-refractivity contribution in [3.63, 3.8) is 0 Å². The molecule has 1 aliphatic carbocycles. The third-order valence-electron chi connectivity index (χ3n) is 4.87. The first-order valence-electron chi connectivity index (χ1n) is 9.07. The van der Waals surface area contributed by atoms with E-state index in [4.69, 9.17) is 4.74 Å². The zero-order valence-corrected chi connectivity index (χ0v) is 16.5. The van der Waals surface area contributed by atoms with Crippen LogP contribution in [-0.4, -0.2) is 32.5 Å². The molecule has 0 aromatic carbocycles. The van der Waals surface area contributed by atoms with E-state index >= 15 is 0 Å². The summed E-state index contributed by atoms with van der Waals surface area (Å²) in [6.45, 7) is 12.7. The number of hydrogen-bond donors (Lipinski definition) is 1. The molecule has 1 aliphatic rings. The molecular formula is C18H31N3O2S. The van der Waals surface area contributed by atoms with E-state index in [1.54, 1.807) is 0 Å². The quantitative estimate of drug-likeness (QED) is 0.606. The van der Waals surface area contributed by atoms with Crippen molar-refractivity contribution in [3.05, 3.63) is 5.82 Å². The first kappa shape index (κ1) is 19.3. The summed E-state index contributed by atoms with van der Waals surface area (Å²) in [7, 11) is 0. The van der Waals surface area contributed by atoms with E-state index in [1.165, 1.54) is 18.2 Å². The number of aromatic nitrogens is 3. The Morgan fingerprint density at radius 2 is 1.96 bits per heavy atom. The van der Waals surface area contributed by atoms with Gasteiger partial charge in [0.25, 0.3) is 0 Å². The molecule has 1 fully saturated rings. The van der Waals surface area contributed by atoms with Gasteiger partial charge >= 0.3 is 5.97 Å². The van der Waals surface area contributed by atoms with Crippen LogP contribution in [0.1, 0.15) is 72.5 Å². The Morgan fingerprint density at radius 1 is 1.25 bits per heavy atom. The average Bonchev–Trinajstić information content (AvgIpc) is 2.95. The molecule has 5 nitrogen and oxygen atoms in total. The molecule has 6 heteroatoms. The minimum atomic E-state index is -0.300. The van der Waals surface area contributed by atoms with Gasteiger partial charge in [-0.05, 0) is 37.5 Å². The highest BCUT2D eigenvalue weighted by Gasteiger charge is 2.34. The Balaban J connectivity index is 1.94. The predicted octanol–water partition coefficient (Wildman–Crippen LogP) is 4.41. The molecule has 4 atom stereocenters. The van der Waals surface area contributed by atoms with E-state index in [0.717, 1.165) is 18.7 Å². The lowest BCUT2D eigenvalue weighted by molar-refractivity contribution is -0.154. The lowest BCUT2D eigenvalue weighted by Crippen LogP contribution is -2.37. The van der Waals surface area contributed by atoms with Gasteiger partial charge in [-0.2, -0.15) is 0 Å². The molecule has 0 spiro atoms. The van der Waals surface area contributed by atoms with Crippen molar-refractivity contribution in [2.75, 3.05) is 0 Å². The summed E-state index contributed by atoms with van der Waals surface area (Å²) in [5, 5.41) is 7.42. The zero-order chi connectivity index (χ0) is 17.9. The van der Waals surface area contributed by atoms with Gasteiger partial charge in [-0.15, -0.1) is 5.10 Å². The van der Waals surface area contributed by atoms with Crippen LogP contribution in [0.2, 0.25) is 0 Å². The number of carbonyl (C=O) groups excluding carboxylic acids is 1. The van der Waals surface area contributed by atoms with Gasteiger partial charge in [-0.25, -0.2) is 4.98 Å². The number of H-pyrrole nitrogens is 1. The van der Waals surface area contributed by atoms with E-state index in [-0.39, 0.29) is 17.3 Å². The lowest BCUT2D eigenvalue weighted by atomic mass is 9.75. The molecule has 0 radical (unpaired) electrons. The van der Waals surface area contributed by atoms with E-state index in [2.05, 4.69) is 49.8 Å². The van der Waals surface area contributed by atoms with Crippen molar-refractivity contribution >= 4 is 17.7 Å². The van der Waals surface area contributed by atoms with Crippen LogP contribution >= 0.6 is 11.8 Å². The fraction of sp³-hybridized carbons (Fsp3) is 0.833. The number of ether oxygens (including phenoxy) is 1. The van der Waals surface area contributed by atoms with Crippen molar-refractivity contribution in [1.82, 2.24) is 15.2 Å². The summed E-state index contributed by atoms with van der Waals surface area (Å²) < 4.78 is 5.90. The summed E-state index contributed by atoms with van der Waals surface area (Å²) in [6.07, 6.45) is 3.40. The maximum absolute atomic E-state index is 12.5. The van der Waals surface area contributed by atoms with Gasteiger partial charge < -0.3 is 4.74 Å². The molecule has 0 aliphatic heterocycles. The Hall–Kier alpha value is -1.04. The smallest absolute Gasteiger partial charge is 0.319 e. The van der Waals surface area contributed by atoms with Crippen LogP contribution in [0, 0.1) is 17.8 Å². The number of nitrogens with one attached hydrogen (secondary N) is 1. The minimum absolute atomic E-state index is 0.0441. The number of nitrogens with zero attached hydrogens (tertiary/aromatic N) is 2. The maximum Gasteiger partial charge on any atom is 0.319 e. The summed E-state index contributed by atoms with van der Waals surface area (Å²) in [4.78, 5) is 16.9. The summed E-state index contributed by atoms with van der Waals surface area (Å²) >= 11 is 1.36. The molecule has 0 bridgehead atoms. The number of esters is 1. The van der Waals surface area contributed by atoms with E-state index < -0.39 is 0 Å². The highest BCUT2D eigenvalue weighted by molar-refractivity contribution is 8.00. The van der Waals surface area contributed by atoms with Crippen LogP contribution in [-0.2, 0) is 9.53 Å². The monoisotopic (exact) mass is 353 g/mol. The molecule has 1 heterocycles. The summed E-state index contributed by atoms with van der Waals surface area (Å²) in [5.41, 5.74) is 0. The Kier molecular flexibility index (Phi) is 6.72. The molecule has 0 amide bonds. The molecular weight excluding hydrogens is 322 g/mol. The van der Waals surface area contributed by atoms with Gasteiger partial charge in [-0.1, -0.05) is 52.8 Å². The predicted molar refractivity (Wildman–Crippen MR) is 97.0 cm³/mol. The molecule has 1 aromatic heterocycles. The van der Waals surface area contributed by atoms with E-state index in [9.17, 15) is 4.79 Å². The van der Waals surface area contributed by atoms with Crippen molar-refractivity contribution < 1.29 is 9.53 Å². The first-order valence-corrected chi connectivity index (χ1v) is 9.95. The second kappa shape index (κ2) is 8.37. The topological polar surface area (TPSA) is 67.9 Å². The van der Waals surface area contributed by atoms with Crippen molar-refractivity contribution in [2.24, 2.45) is 17.8 Å². The average molecular weight is 354 g/mol. The fourth-order valence-corrected chi connectivity index (χ4v) is 3.99. The summed E-state index contributed by atoms with van der Waals surface area (Å²) in [5.74, 6) is 2.63. The van der Waals surface area contributed by atoms with Crippen LogP contribution in [0.4, 0.5) is 0 Å². The normalized spacial score (nSPS) is 25.9. The molecule has 1 aromatic rings. The zero-order valence-electron chi connectivity index (χ0n) is 15.7. The van der Waals surface area contributed by atoms with Gasteiger partial charge in [-0.3, -0.25) is 9.89 Å². The molecule has 0 saturated heterocycles. The summed E-state index contributed by atoms with van der Waals surface area (Å²) in [6, 6.07) is 0. The van der Waals surface area contributed by atoms with Gasteiger partial charge in [0.1, 0.15) is 17.2 Å². The Labute approximate surface area is 149 Å². The van der Waals surface area contributed by atoms with Gasteiger partial charge in [0.05, 0.1) is 0 Å². The minimum Gasteiger partial charge on any atom is -0.461 e. The molecule has 4 unspecified atom stereocenters. The van der Waals surface area contributed by atoms with Crippen molar-refractivity contribution in [1.29, 1.82) is 0 Å². The van der Waals surface area contributed by atoms with Crippen molar-refractivity contribution in [2.45, 2.75) is 83.2 Å². The van der Waals surface area contributed by atoms with Crippen molar-refractivity contribution in [3.8, 4) is 0 Å². The molecule has 1 saturated carbocycles. The largest absolute Gasteiger partial charge is 0.461 e. The molecule has 24 heavy (non-hydrogen) atoms. The number of thioether (sulfide) groups is 1. The van der Waals surface area contributed by atoms with Crippen LogP contribution in [0.3, 0.4) is 0 Å². The van der Waals surface area contributed by atoms with Gasteiger partial charge in [0.15, 0.2) is 0 Å². The number of aromatic amines is 1. The van der Waals surface area contributed by atoms with Gasteiger partial charge in [0, 0.05) is 5.92 Å². The fourth-order valence-electron chi connectivity index (χ4n) is 3.27. The maximum atomic E-state index is 12.5. The van der Waals surface area contributed by atoms with Crippen LogP contribution in [0.5, 0.6) is 0 Å². The van der Waals surface area contributed by atoms with Crippen LogP contribution in [0.25, 0.3) is 0 Å². The third kappa shape index (κ3) is 4.98. The number of hydrogen-bond acceptors (Lipinski definition) is 5. The Morgan fingerprint density at radius 3 is 2.54 bits per heavy atom. The SMILES string of the molecule is CC1CCC(C(C)C)C(OC(=O)C(C)Sc2n[nH]c(C(C)C)n2)C1. The highest BCUT2D eigenvalue weighted by atomic mass is 32.2. The standard InChI is InChI=1S/C18H31N3O2S/c1-10(2)14-8-7-12(5)9-15(14)23-17(22)13(6)24-18-19-16(11(3)4)20-21-18/h10-15H,7-9H2,1-6H3,(H,19,20,21). The molecule has 136 valence electrons. The van der Waals surface area contributed by atoms with Gasteiger partial charge in [0.2, 0.25) is 5.16 Å². The van der Waals surface area contributed by atoms with E-state index in [0.29, 0.717) is 28.8 Å². The Bertz CT molecular complexity index is 544. The van der Waals surface area contributed by atoms with E-state index in [1.807, 2.05) is 6.92 Å². The number of carbonyl (C=O) groups is 1. The second-order valence-electron chi connectivity index (χ2n) is 7.72. The molecule has 2 rings (SSSR count). The lowest BCUT2D eigenvalue weighted by Gasteiger charge is -2.37. The van der Waals surface area contributed by atoms with Crippen LogP contribution in [0.15, 0.2) is 5.16 Å². The second-order valence-corrected chi connectivity index (χ2v) is 9.03. The first-order chi connectivity index (χ1) is 11.3. The third-order valence-corrected chi connectivity index (χ3v) is 5.81. The van der Waals surface area contributed by atoms with Crippen LogP contribution < -0.4 is 0 Å².